The van der Waals surface area contributed by atoms with Crippen molar-refractivity contribution in [2.75, 3.05) is 26.3 Å². The first-order valence-corrected chi connectivity index (χ1v) is 14.4. The van der Waals surface area contributed by atoms with Crippen molar-refractivity contribution in [1.82, 2.24) is 15.1 Å². The third-order valence-corrected chi connectivity index (χ3v) is 7.73. The van der Waals surface area contributed by atoms with E-state index in [0.29, 0.717) is 44.0 Å². The van der Waals surface area contributed by atoms with Gasteiger partial charge in [0.2, 0.25) is 17.8 Å². The van der Waals surface area contributed by atoms with Crippen molar-refractivity contribution in [3.63, 3.8) is 0 Å². The van der Waals surface area contributed by atoms with Crippen molar-refractivity contribution in [3.8, 4) is 5.75 Å². The average molecular weight is 513 g/mol. The van der Waals surface area contributed by atoms with Gasteiger partial charge in [-0.05, 0) is 50.2 Å². The van der Waals surface area contributed by atoms with Crippen LogP contribution < -0.4 is 10.1 Å². The summed E-state index contributed by atoms with van der Waals surface area (Å²) in [6.07, 6.45) is 14.8. The maximum absolute atomic E-state index is 13.1. The molecule has 2 aliphatic heterocycles. The average Bonchev–Trinajstić information content (AvgIpc) is 3.27. The van der Waals surface area contributed by atoms with Crippen molar-refractivity contribution in [2.24, 2.45) is 4.99 Å². The molecule has 8 heteroatoms. The largest absolute Gasteiger partial charge is 0.494 e. The molecule has 1 saturated heterocycles. The quantitative estimate of drug-likeness (QED) is 0.333. The van der Waals surface area contributed by atoms with Gasteiger partial charge in [-0.25, -0.2) is 4.99 Å². The van der Waals surface area contributed by atoms with Crippen LogP contribution in [0.1, 0.15) is 95.5 Å². The van der Waals surface area contributed by atoms with E-state index in [1.807, 2.05) is 23.1 Å². The van der Waals surface area contributed by atoms with E-state index in [-0.39, 0.29) is 12.5 Å². The van der Waals surface area contributed by atoms with Gasteiger partial charge in [0.05, 0.1) is 12.3 Å². The molecule has 204 valence electrons. The van der Waals surface area contributed by atoms with Gasteiger partial charge in [0.25, 0.3) is 0 Å². The molecule has 1 aliphatic carbocycles. The summed E-state index contributed by atoms with van der Waals surface area (Å²) in [6, 6.07) is 6.39. The van der Waals surface area contributed by atoms with Gasteiger partial charge < -0.3 is 19.6 Å². The van der Waals surface area contributed by atoms with Crippen molar-refractivity contribution < 1.29 is 19.4 Å². The molecule has 2 fully saturated rings. The van der Waals surface area contributed by atoms with Crippen LogP contribution in [0, 0.1) is 0 Å². The van der Waals surface area contributed by atoms with E-state index in [1.54, 1.807) is 0 Å². The number of aliphatic hydroxyl groups excluding tert-OH is 1. The highest BCUT2D eigenvalue weighted by molar-refractivity contribution is 6.05. The fraction of sp³-hybridized carbons (Fsp3) is 0.690. The number of guanidine groups is 1. The van der Waals surface area contributed by atoms with Crippen LogP contribution in [0.5, 0.6) is 5.75 Å². The number of fused-ring (bicyclic) bond motifs is 2. The first-order valence-electron chi connectivity index (χ1n) is 14.4. The number of rotatable bonds is 15. The zero-order valence-corrected chi connectivity index (χ0v) is 22.3. The van der Waals surface area contributed by atoms with Gasteiger partial charge in [-0.15, -0.1) is 0 Å². The molecule has 1 aromatic carbocycles. The van der Waals surface area contributed by atoms with E-state index in [1.165, 1.54) is 19.3 Å². The predicted octanol–water partition coefficient (Wildman–Crippen LogP) is 4.66. The monoisotopic (exact) mass is 512 g/mol. The van der Waals surface area contributed by atoms with Crippen molar-refractivity contribution in [3.05, 3.63) is 23.8 Å². The number of hydrogen-bond acceptors (Lipinski definition) is 6. The maximum Gasteiger partial charge on any atom is 0.246 e. The Morgan fingerprint density at radius 2 is 1.81 bits per heavy atom. The molecule has 0 aromatic heterocycles. The van der Waals surface area contributed by atoms with Gasteiger partial charge in [-0.2, -0.15) is 0 Å². The number of ether oxygens (including phenoxy) is 1. The number of amides is 2. The van der Waals surface area contributed by atoms with Gasteiger partial charge in [0, 0.05) is 38.2 Å². The highest BCUT2D eigenvalue weighted by atomic mass is 16.5. The number of aliphatic imine (C=N–C) groups is 1. The molecule has 37 heavy (non-hydrogen) atoms. The molecule has 0 unspecified atom stereocenters. The van der Waals surface area contributed by atoms with Crippen molar-refractivity contribution in [2.45, 2.75) is 102 Å². The van der Waals surface area contributed by atoms with Crippen LogP contribution in [0.2, 0.25) is 0 Å². The van der Waals surface area contributed by atoms with E-state index in [2.05, 4.69) is 15.2 Å². The minimum atomic E-state index is -0.0133. The summed E-state index contributed by atoms with van der Waals surface area (Å²) in [5.74, 6) is 1.75. The van der Waals surface area contributed by atoms with Gasteiger partial charge in [0.1, 0.15) is 12.3 Å². The first kappa shape index (κ1) is 27.4. The fourth-order valence-corrected chi connectivity index (χ4v) is 5.63. The lowest BCUT2D eigenvalue weighted by atomic mass is 9.93. The highest BCUT2D eigenvalue weighted by Gasteiger charge is 2.29. The lowest BCUT2D eigenvalue weighted by Crippen LogP contribution is -2.42. The third kappa shape index (κ3) is 8.19. The lowest BCUT2D eigenvalue weighted by Gasteiger charge is -2.34. The first-order chi connectivity index (χ1) is 18.1. The minimum absolute atomic E-state index is 0.0133. The highest BCUT2D eigenvalue weighted by Crippen LogP contribution is 2.31. The van der Waals surface area contributed by atoms with Gasteiger partial charge >= 0.3 is 0 Å². The Morgan fingerprint density at radius 1 is 1.03 bits per heavy atom. The van der Waals surface area contributed by atoms with E-state index in [0.717, 1.165) is 87.8 Å². The number of nitrogens with zero attached hydrogens (tertiary/aromatic N) is 3. The molecule has 1 aromatic rings. The molecule has 2 heterocycles. The summed E-state index contributed by atoms with van der Waals surface area (Å²) >= 11 is 0. The number of carbonyl (C=O) groups excluding carboxylic acids is 2. The molecule has 0 radical (unpaired) electrons. The Hall–Kier alpha value is -2.61. The number of nitrogens with one attached hydrogen (secondary N) is 1. The number of hydrogen-bond donors (Lipinski definition) is 2. The summed E-state index contributed by atoms with van der Waals surface area (Å²) in [6.45, 7) is 2.84. The summed E-state index contributed by atoms with van der Waals surface area (Å²) in [4.78, 5) is 33.4. The molecular weight excluding hydrogens is 468 g/mol. The van der Waals surface area contributed by atoms with Gasteiger partial charge in [0.15, 0.2) is 0 Å². The second kappa shape index (κ2) is 14.4. The second-order valence-corrected chi connectivity index (χ2v) is 10.7. The molecular formula is C29H44N4O4. The number of unbranched alkanes of at least 4 members (excludes halogenated alkanes) is 6. The molecule has 8 nitrogen and oxygen atoms in total. The lowest BCUT2D eigenvalue weighted by molar-refractivity contribution is -0.134. The second-order valence-electron chi connectivity index (χ2n) is 10.7. The summed E-state index contributed by atoms with van der Waals surface area (Å²) in [5, 5.41) is 11.8. The number of benzene rings is 1. The van der Waals surface area contributed by atoms with Crippen LogP contribution in [0.15, 0.2) is 23.2 Å². The molecule has 0 atom stereocenters. The topological polar surface area (TPSA) is 94.5 Å². The molecule has 2 amide bonds. The Labute approximate surface area is 221 Å². The summed E-state index contributed by atoms with van der Waals surface area (Å²) in [5.41, 5.74) is 1.96. The van der Waals surface area contributed by atoms with E-state index in [4.69, 9.17) is 9.84 Å². The van der Waals surface area contributed by atoms with Crippen LogP contribution in [0.4, 0.5) is 5.69 Å². The number of carbonyl (C=O) groups is 2. The normalized spacial score (nSPS) is 17.2. The zero-order valence-electron chi connectivity index (χ0n) is 22.3. The van der Waals surface area contributed by atoms with E-state index < -0.39 is 0 Å². The standard InChI is InChI=1S/C29H44N4O4/c34-18-10-3-2-9-17-33(24-12-6-5-7-13-24)28(36)14-8-1-4-11-19-37-25-16-15-23-21-32-22-27(35)31-29(32)30-26(23)20-25/h15-16,20,24,34H,1-14,17-19,21-22H2,(H,30,31,35). The van der Waals surface area contributed by atoms with E-state index in [9.17, 15) is 9.59 Å². The molecule has 4 rings (SSSR count). The predicted molar refractivity (Wildman–Crippen MR) is 145 cm³/mol. The molecule has 3 aliphatic rings. The third-order valence-electron chi connectivity index (χ3n) is 7.73. The van der Waals surface area contributed by atoms with Crippen LogP contribution in [-0.2, 0) is 16.1 Å². The molecule has 1 saturated carbocycles. The van der Waals surface area contributed by atoms with Crippen LogP contribution in [0.25, 0.3) is 0 Å². The summed E-state index contributed by atoms with van der Waals surface area (Å²) < 4.78 is 5.96. The molecule has 0 bridgehead atoms. The van der Waals surface area contributed by atoms with E-state index >= 15 is 0 Å². The van der Waals surface area contributed by atoms with Crippen LogP contribution >= 0.6 is 0 Å². The molecule has 0 spiro atoms. The Morgan fingerprint density at radius 3 is 2.65 bits per heavy atom. The van der Waals surface area contributed by atoms with Crippen LogP contribution in [-0.4, -0.2) is 65.0 Å². The number of aliphatic hydroxyl groups is 1. The molecule has 2 N–H and O–H groups in total. The SMILES string of the molecule is O=C1CN2Cc3ccc(OCCCCCCC(=O)N(CCCCCCO)C4CCCCC4)cc3N=C2N1. The summed E-state index contributed by atoms with van der Waals surface area (Å²) in [7, 11) is 0. The Balaban J connectivity index is 1.13. The van der Waals surface area contributed by atoms with Crippen molar-refractivity contribution >= 4 is 23.5 Å². The minimum Gasteiger partial charge on any atom is -0.494 e. The Bertz CT molecular complexity index is 928. The van der Waals surface area contributed by atoms with Gasteiger partial charge in [-0.1, -0.05) is 51.0 Å². The zero-order chi connectivity index (χ0) is 25.9. The van der Waals surface area contributed by atoms with Crippen molar-refractivity contribution in [1.29, 1.82) is 0 Å². The smallest absolute Gasteiger partial charge is 0.246 e. The maximum atomic E-state index is 13.1. The fourth-order valence-electron chi connectivity index (χ4n) is 5.63. The van der Waals surface area contributed by atoms with Gasteiger partial charge in [-0.3, -0.25) is 14.9 Å². The van der Waals surface area contributed by atoms with Crippen LogP contribution in [0.3, 0.4) is 0 Å². The Kier molecular flexibility index (Phi) is 10.6.